The van der Waals surface area contributed by atoms with Crippen LogP contribution in [0, 0.1) is 17.5 Å². The molecule has 0 amide bonds. The summed E-state index contributed by atoms with van der Waals surface area (Å²) in [6.45, 7) is 2.10. The van der Waals surface area contributed by atoms with E-state index in [1.54, 1.807) is 10.6 Å². The number of aliphatic hydroxyl groups is 1. The number of benzene rings is 1. The fourth-order valence-electron chi connectivity index (χ4n) is 4.98. The molecule has 13 heteroatoms. The topological polar surface area (TPSA) is 132 Å². The number of alkyl halides is 1. The highest BCUT2D eigenvalue weighted by Crippen LogP contribution is 2.34. The number of pyridine rings is 1. The molecule has 5 rings (SSSR count). The molecule has 4 heterocycles. The zero-order chi connectivity index (χ0) is 27.2. The molecule has 1 aromatic carbocycles. The number of piperidine rings is 1. The lowest BCUT2D eigenvalue weighted by Gasteiger charge is -2.44. The van der Waals surface area contributed by atoms with Gasteiger partial charge < -0.3 is 26.0 Å². The summed E-state index contributed by atoms with van der Waals surface area (Å²) in [5.41, 5.74) is 13.1. The number of halogens is 4. The molecule has 0 aliphatic carbocycles. The molecule has 0 spiro atoms. The Morgan fingerprint density at radius 1 is 1.08 bits per heavy atom. The van der Waals surface area contributed by atoms with E-state index in [-0.39, 0.29) is 30.2 Å². The van der Waals surface area contributed by atoms with Crippen LogP contribution in [0.4, 0.5) is 29.1 Å². The van der Waals surface area contributed by atoms with E-state index in [0.29, 0.717) is 47.9 Å². The number of nitrogens with two attached hydrogens (primary N) is 2. The van der Waals surface area contributed by atoms with E-state index in [0.717, 1.165) is 6.07 Å². The first-order valence-corrected chi connectivity index (χ1v) is 12.0. The summed E-state index contributed by atoms with van der Waals surface area (Å²) in [5, 5.41) is 10.5. The number of nitrogen functional groups attached to an aromatic ring is 1. The lowest BCUT2D eigenvalue weighted by atomic mass is 9.82. The zero-order valence-corrected chi connectivity index (χ0v) is 20.5. The number of aromatic nitrogens is 5. The van der Waals surface area contributed by atoms with Crippen LogP contribution in [0.25, 0.3) is 22.4 Å². The molecule has 0 saturated carbocycles. The summed E-state index contributed by atoms with van der Waals surface area (Å²) < 4.78 is 57.9. The number of anilines is 2. The van der Waals surface area contributed by atoms with Crippen LogP contribution in [0.2, 0.25) is 0 Å². The second-order valence-corrected chi connectivity index (χ2v) is 9.63. The van der Waals surface area contributed by atoms with Crippen LogP contribution < -0.4 is 16.4 Å². The van der Waals surface area contributed by atoms with Crippen LogP contribution in [0.5, 0.6) is 0 Å². The van der Waals surface area contributed by atoms with Gasteiger partial charge in [0.1, 0.15) is 29.9 Å². The lowest BCUT2D eigenvalue weighted by molar-refractivity contribution is 0.0139. The number of hydrogen-bond donors (Lipinski definition) is 3. The van der Waals surface area contributed by atoms with Crippen LogP contribution in [-0.2, 0) is 6.54 Å². The van der Waals surface area contributed by atoms with Crippen molar-refractivity contribution >= 4 is 22.7 Å². The summed E-state index contributed by atoms with van der Waals surface area (Å²) >= 11 is 0. The summed E-state index contributed by atoms with van der Waals surface area (Å²) in [6, 6.07) is 2.78. The van der Waals surface area contributed by atoms with Gasteiger partial charge in [0, 0.05) is 24.7 Å². The predicted molar refractivity (Wildman–Crippen MR) is 133 cm³/mol. The van der Waals surface area contributed by atoms with Crippen molar-refractivity contribution in [3.05, 3.63) is 60.1 Å². The van der Waals surface area contributed by atoms with Gasteiger partial charge in [-0.3, -0.25) is 4.98 Å². The van der Waals surface area contributed by atoms with Crippen molar-refractivity contribution in [3.63, 3.8) is 0 Å². The molecule has 1 fully saturated rings. The van der Waals surface area contributed by atoms with Crippen molar-refractivity contribution in [2.45, 2.75) is 44.1 Å². The van der Waals surface area contributed by atoms with Crippen molar-refractivity contribution in [1.82, 2.24) is 24.5 Å². The Bertz CT molecular complexity index is 1500. The molecule has 9 nitrogen and oxygen atoms in total. The van der Waals surface area contributed by atoms with Gasteiger partial charge in [0.2, 0.25) is 0 Å². The first-order chi connectivity index (χ1) is 18.1. The Hall–Kier alpha value is -3.84. The minimum atomic E-state index is -1.53. The number of rotatable bonds is 6. The fraction of sp³-hybridized carbons (Fsp3) is 0.360. The van der Waals surface area contributed by atoms with E-state index in [2.05, 4.69) is 19.9 Å². The molecular weight excluding hydrogens is 504 g/mol. The highest BCUT2D eigenvalue weighted by Gasteiger charge is 2.41. The van der Waals surface area contributed by atoms with Crippen molar-refractivity contribution in [1.29, 1.82) is 0 Å². The monoisotopic (exact) mass is 530 g/mol. The molecule has 0 radical (unpaired) electrons. The second-order valence-electron chi connectivity index (χ2n) is 9.63. The quantitative estimate of drug-likeness (QED) is 0.256. The Balaban J connectivity index is 1.60. The average Bonchev–Trinajstić information content (AvgIpc) is 3.29. The highest BCUT2D eigenvalue weighted by atomic mass is 19.2. The number of imidazole rings is 1. The Kier molecular flexibility index (Phi) is 6.65. The third-order valence-corrected chi connectivity index (χ3v) is 6.94. The summed E-state index contributed by atoms with van der Waals surface area (Å²) in [5.74, 6) is -3.28. The van der Waals surface area contributed by atoms with Gasteiger partial charge in [0.15, 0.2) is 23.1 Å². The molecule has 5 N–H and O–H groups in total. The first-order valence-electron chi connectivity index (χ1n) is 12.0. The molecule has 1 saturated heterocycles. The average molecular weight is 531 g/mol. The van der Waals surface area contributed by atoms with Crippen LogP contribution in [0.1, 0.15) is 25.3 Å². The maximum Gasteiger partial charge on any atom is 0.165 e. The first kappa shape index (κ1) is 25.8. The van der Waals surface area contributed by atoms with Gasteiger partial charge in [-0.2, -0.15) is 0 Å². The standard InChI is InChI=1S/C25H26F4N8O/c1-13(26)22(38)25(31)3-2-4-36(10-25)20-8-32-19(15-6-17(28)18(29)7-16(15)27)5-14(20)9-37-12-35-21-23(30)33-11-34-24(21)37/h5-8,11-13,22,38H,2-4,9-10,31H2,1H3,(H2,30,33,34)/t13?,22-,25+/m0/s1. The van der Waals surface area contributed by atoms with E-state index in [1.165, 1.54) is 25.8 Å². The summed E-state index contributed by atoms with van der Waals surface area (Å²) in [6.07, 6.45) is 2.39. The maximum absolute atomic E-state index is 14.6. The Morgan fingerprint density at radius 2 is 1.84 bits per heavy atom. The number of hydrogen-bond acceptors (Lipinski definition) is 8. The van der Waals surface area contributed by atoms with Gasteiger partial charge in [-0.1, -0.05) is 0 Å². The SMILES string of the molecule is CC(F)[C@H](O)[C@@]1(N)CCCN(c2cnc(-c3cc(F)c(F)cc3F)cc2Cn2cnc3c(N)ncnc32)C1. The van der Waals surface area contributed by atoms with Gasteiger partial charge >= 0.3 is 0 Å². The van der Waals surface area contributed by atoms with E-state index >= 15 is 0 Å². The molecule has 3 aromatic heterocycles. The number of aliphatic hydroxyl groups excluding tert-OH is 1. The summed E-state index contributed by atoms with van der Waals surface area (Å²) in [7, 11) is 0. The van der Waals surface area contributed by atoms with Gasteiger partial charge in [-0.25, -0.2) is 32.5 Å². The van der Waals surface area contributed by atoms with Crippen LogP contribution in [0.15, 0.2) is 37.1 Å². The third-order valence-electron chi connectivity index (χ3n) is 6.94. The normalized spacial score (nSPS) is 19.6. The van der Waals surface area contributed by atoms with Crippen molar-refractivity contribution in [3.8, 4) is 11.3 Å². The van der Waals surface area contributed by atoms with Crippen molar-refractivity contribution in [2.75, 3.05) is 23.7 Å². The molecular formula is C25H26F4N8O. The second kappa shape index (κ2) is 9.80. The van der Waals surface area contributed by atoms with E-state index in [4.69, 9.17) is 11.5 Å². The van der Waals surface area contributed by atoms with E-state index in [9.17, 15) is 22.7 Å². The number of nitrogens with zero attached hydrogens (tertiary/aromatic N) is 6. The van der Waals surface area contributed by atoms with Crippen LogP contribution in [-0.4, -0.2) is 60.5 Å². The molecule has 3 atom stereocenters. The molecule has 0 bridgehead atoms. The van der Waals surface area contributed by atoms with E-state index in [1.807, 2.05) is 4.90 Å². The molecule has 4 aromatic rings. The molecule has 1 aliphatic heterocycles. The lowest BCUT2D eigenvalue weighted by Crippen LogP contribution is -2.63. The largest absolute Gasteiger partial charge is 0.388 e. The maximum atomic E-state index is 14.6. The van der Waals surface area contributed by atoms with Crippen molar-refractivity contribution < 1.29 is 22.7 Å². The Labute approximate surface area is 215 Å². The smallest absolute Gasteiger partial charge is 0.165 e. The third kappa shape index (κ3) is 4.63. The van der Waals surface area contributed by atoms with Crippen LogP contribution in [0.3, 0.4) is 0 Å². The Morgan fingerprint density at radius 3 is 2.61 bits per heavy atom. The highest BCUT2D eigenvalue weighted by molar-refractivity contribution is 5.81. The minimum Gasteiger partial charge on any atom is -0.388 e. The minimum absolute atomic E-state index is 0.0761. The van der Waals surface area contributed by atoms with E-state index < -0.39 is 35.3 Å². The van der Waals surface area contributed by atoms with Gasteiger partial charge in [0.25, 0.3) is 0 Å². The van der Waals surface area contributed by atoms with Crippen LogP contribution >= 0.6 is 0 Å². The molecule has 38 heavy (non-hydrogen) atoms. The van der Waals surface area contributed by atoms with Gasteiger partial charge in [-0.15, -0.1) is 0 Å². The fourth-order valence-corrected chi connectivity index (χ4v) is 4.98. The molecule has 1 aliphatic rings. The molecule has 200 valence electrons. The van der Waals surface area contributed by atoms with Crippen molar-refractivity contribution in [2.24, 2.45) is 5.73 Å². The predicted octanol–water partition coefficient (Wildman–Crippen LogP) is 2.95. The van der Waals surface area contributed by atoms with Gasteiger partial charge in [0.05, 0.1) is 36.0 Å². The molecule has 1 unspecified atom stereocenters. The zero-order valence-electron chi connectivity index (χ0n) is 20.5. The van der Waals surface area contributed by atoms with Gasteiger partial charge in [-0.05, 0) is 37.5 Å². The summed E-state index contributed by atoms with van der Waals surface area (Å²) in [4.78, 5) is 18.7. The number of fused-ring (bicyclic) bond motifs is 1.